The predicted octanol–water partition coefficient (Wildman–Crippen LogP) is 3.85. The third-order valence-electron chi connectivity index (χ3n) is 4.68. The van der Waals surface area contributed by atoms with E-state index in [9.17, 15) is 13.2 Å². The zero-order valence-corrected chi connectivity index (χ0v) is 12.7. The Labute approximate surface area is 123 Å². The third kappa shape index (κ3) is 3.99. The Hall–Kier alpha value is -1.04. The molecule has 1 atom stereocenters. The average molecular weight is 303 g/mol. The molecule has 3 nitrogen and oxygen atoms in total. The van der Waals surface area contributed by atoms with Crippen LogP contribution in [0.15, 0.2) is 12.3 Å². The molecule has 1 aliphatic rings. The van der Waals surface area contributed by atoms with Gasteiger partial charge in [-0.25, -0.2) is 0 Å². The summed E-state index contributed by atoms with van der Waals surface area (Å²) in [6.07, 6.45) is 0.468. The van der Waals surface area contributed by atoms with Crippen LogP contribution in [-0.2, 0) is 6.42 Å². The second-order valence-electron chi connectivity index (χ2n) is 6.40. The molecule has 120 valence electrons. The second kappa shape index (κ2) is 5.99. The van der Waals surface area contributed by atoms with Crippen molar-refractivity contribution in [3.8, 4) is 0 Å². The van der Waals surface area contributed by atoms with Crippen LogP contribution in [0.25, 0.3) is 0 Å². The molecule has 2 rings (SSSR count). The molecule has 0 aromatic carbocycles. The molecule has 6 heteroatoms. The maximum atomic E-state index is 12.7. The Bertz CT molecular complexity index is 459. The number of aromatic nitrogens is 2. The smallest absolute Gasteiger partial charge is 0.325 e. The summed E-state index contributed by atoms with van der Waals surface area (Å²) >= 11 is 0. The van der Waals surface area contributed by atoms with Crippen LogP contribution in [0.5, 0.6) is 0 Å². The molecular formula is C15H24F3N3. The fourth-order valence-corrected chi connectivity index (χ4v) is 2.96. The van der Waals surface area contributed by atoms with Gasteiger partial charge < -0.3 is 5.73 Å². The highest BCUT2D eigenvalue weighted by atomic mass is 19.4. The topological polar surface area (TPSA) is 43.8 Å². The van der Waals surface area contributed by atoms with Crippen LogP contribution >= 0.6 is 0 Å². The minimum atomic E-state index is -4.08. The van der Waals surface area contributed by atoms with E-state index in [0.29, 0.717) is 25.3 Å². The van der Waals surface area contributed by atoms with Crippen LogP contribution in [0.4, 0.5) is 13.2 Å². The van der Waals surface area contributed by atoms with E-state index in [0.717, 1.165) is 12.1 Å². The summed E-state index contributed by atoms with van der Waals surface area (Å²) in [6, 6.07) is 2.25. The van der Waals surface area contributed by atoms with Gasteiger partial charge in [0.1, 0.15) is 0 Å². The van der Waals surface area contributed by atoms with E-state index in [1.54, 1.807) is 0 Å². The van der Waals surface area contributed by atoms with E-state index < -0.39 is 17.6 Å². The van der Waals surface area contributed by atoms with Crippen LogP contribution in [-0.4, -0.2) is 21.5 Å². The van der Waals surface area contributed by atoms with Crippen LogP contribution in [0.3, 0.4) is 0 Å². The maximum absolute atomic E-state index is 12.7. The second-order valence-corrected chi connectivity index (χ2v) is 6.40. The molecule has 1 aliphatic carbocycles. The summed E-state index contributed by atoms with van der Waals surface area (Å²) in [5, 5.41) is 4.50. The lowest BCUT2D eigenvalue weighted by molar-refractivity contribution is -0.184. The minimum absolute atomic E-state index is 0.131. The van der Waals surface area contributed by atoms with E-state index in [4.69, 9.17) is 5.73 Å². The third-order valence-corrected chi connectivity index (χ3v) is 4.68. The van der Waals surface area contributed by atoms with Crippen molar-refractivity contribution in [2.24, 2.45) is 11.7 Å². The first kappa shape index (κ1) is 16.3. The molecular weight excluding hydrogens is 279 g/mol. The molecule has 1 aromatic rings. The van der Waals surface area contributed by atoms with Gasteiger partial charge in [0.05, 0.1) is 11.6 Å². The molecule has 0 radical (unpaired) electrons. The van der Waals surface area contributed by atoms with E-state index in [2.05, 4.69) is 18.9 Å². The first-order valence-corrected chi connectivity index (χ1v) is 7.63. The molecule has 0 bridgehead atoms. The molecule has 2 N–H and O–H groups in total. The van der Waals surface area contributed by atoms with Gasteiger partial charge in [-0.1, -0.05) is 6.92 Å². The van der Waals surface area contributed by atoms with E-state index in [-0.39, 0.29) is 12.8 Å². The summed E-state index contributed by atoms with van der Waals surface area (Å²) in [5.41, 5.74) is 6.63. The first-order valence-electron chi connectivity index (χ1n) is 7.63. The number of hydrogen-bond donors (Lipinski definition) is 1. The fraction of sp³-hybridized carbons (Fsp3) is 0.800. The van der Waals surface area contributed by atoms with Gasteiger partial charge in [0, 0.05) is 24.2 Å². The van der Waals surface area contributed by atoms with Crippen LogP contribution < -0.4 is 5.73 Å². The lowest BCUT2D eigenvalue weighted by atomic mass is 9.74. The molecule has 1 unspecified atom stereocenters. The van der Waals surface area contributed by atoms with Crippen LogP contribution in [0.2, 0.25) is 0 Å². The molecule has 1 saturated carbocycles. The van der Waals surface area contributed by atoms with E-state index >= 15 is 0 Å². The van der Waals surface area contributed by atoms with Gasteiger partial charge in [0.25, 0.3) is 0 Å². The lowest BCUT2D eigenvalue weighted by Crippen LogP contribution is -2.47. The van der Waals surface area contributed by atoms with Crippen molar-refractivity contribution >= 4 is 0 Å². The number of halogens is 3. The summed E-state index contributed by atoms with van der Waals surface area (Å²) < 4.78 is 40.0. The first-order chi connectivity index (χ1) is 9.73. The van der Waals surface area contributed by atoms with Gasteiger partial charge in [-0.2, -0.15) is 18.3 Å². The van der Waals surface area contributed by atoms with Crippen molar-refractivity contribution in [1.82, 2.24) is 9.78 Å². The summed E-state index contributed by atoms with van der Waals surface area (Å²) in [5.74, 6) is -1.19. The zero-order valence-electron chi connectivity index (χ0n) is 12.7. The number of nitrogens with two attached hydrogens (primary N) is 1. The summed E-state index contributed by atoms with van der Waals surface area (Å²) in [7, 11) is 0. The minimum Gasteiger partial charge on any atom is -0.325 e. The number of nitrogens with zero attached hydrogens (tertiary/aromatic N) is 2. The summed E-state index contributed by atoms with van der Waals surface area (Å²) in [4.78, 5) is 0. The molecule has 1 aromatic heterocycles. The monoisotopic (exact) mass is 303 g/mol. The van der Waals surface area contributed by atoms with Crippen molar-refractivity contribution < 1.29 is 13.2 Å². The zero-order chi connectivity index (χ0) is 15.7. The molecule has 0 amide bonds. The van der Waals surface area contributed by atoms with Gasteiger partial charge in [-0.15, -0.1) is 0 Å². The molecule has 0 spiro atoms. The maximum Gasteiger partial charge on any atom is 0.391 e. The molecule has 21 heavy (non-hydrogen) atoms. The Kier molecular flexibility index (Phi) is 4.66. The van der Waals surface area contributed by atoms with E-state index in [1.807, 2.05) is 16.9 Å². The van der Waals surface area contributed by atoms with Gasteiger partial charge >= 0.3 is 6.18 Å². The number of rotatable bonds is 4. The van der Waals surface area contributed by atoms with Crippen molar-refractivity contribution in [1.29, 1.82) is 0 Å². The van der Waals surface area contributed by atoms with E-state index in [1.165, 1.54) is 0 Å². The normalized spacial score (nSPS) is 28.6. The quantitative estimate of drug-likeness (QED) is 0.918. The Morgan fingerprint density at radius 2 is 2.05 bits per heavy atom. The standard InChI is InChI=1S/C15H24F3N3/c1-3-11(2)21-9-6-13(20-21)10-14(19)7-4-12(5-8-14)15(16,17)18/h6,9,11-12H,3-5,7-8,10,19H2,1-2H3. The van der Waals surface area contributed by atoms with Crippen molar-refractivity contribution in [3.05, 3.63) is 18.0 Å². The van der Waals surface area contributed by atoms with Gasteiger partial charge in [0.15, 0.2) is 0 Å². The highest BCUT2D eigenvalue weighted by Crippen LogP contribution is 2.41. The molecule has 0 saturated heterocycles. The van der Waals surface area contributed by atoms with Crippen molar-refractivity contribution in [3.63, 3.8) is 0 Å². The lowest BCUT2D eigenvalue weighted by Gasteiger charge is -2.37. The average Bonchev–Trinajstić information content (AvgIpc) is 2.85. The SMILES string of the molecule is CCC(C)n1ccc(CC2(N)CCC(C(F)(F)F)CC2)n1. The van der Waals surface area contributed by atoms with Gasteiger partial charge in [0.2, 0.25) is 0 Å². The molecule has 0 aliphatic heterocycles. The van der Waals surface area contributed by atoms with Gasteiger partial charge in [-0.3, -0.25) is 4.68 Å². The molecule has 1 heterocycles. The summed E-state index contributed by atoms with van der Waals surface area (Å²) in [6.45, 7) is 4.18. The largest absolute Gasteiger partial charge is 0.391 e. The highest BCUT2D eigenvalue weighted by Gasteiger charge is 2.44. The van der Waals surface area contributed by atoms with Gasteiger partial charge in [-0.05, 0) is 45.1 Å². The van der Waals surface area contributed by atoms with Crippen molar-refractivity contribution in [2.45, 2.75) is 70.1 Å². The highest BCUT2D eigenvalue weighted by molar-refractivity contribution is 5.07. The molecule has 1 fully saturated rings. The number of hydrogen-bond acceptors (Lipinski definition) is 2. The Balaban J connectivity index is 1.95. The predicted molar refractivity (Wildman–Crippen MR) is 75.9 cm³/mol. The van der Waals surface area contributed by atoms with Crippen molar-refractivity contribution in [2.75, 3.05) is 0 Å². The van der Waals surface area contributed by atoms with Crippen LogP contribution in [0, 0.1) is 5.92 Å². The Morgan fingerprint density at radius 1 is 1.43 bits per heavy atom. The Morgan fingerprint density at radius 3 is 2.57 bits per heavy atom. The number of alkyl halides is 3. The van der Waals surface area contributed by atoms with Crippen LogP contribution in [0.1, 0.15) is 57.7 Å². The fourth-order valence-electron chi connectivity index (χ4n) is 2.96.